The Bertz CT molecular complexity index is 1210. The zero-order chi connectivity index (χ0) is 19.1. The zero-order valence-electron chi connectivity index (χ0n) is 15.2. The summed E-state index contributed by atoms with van der Waals surface area (Å²) in [5, 5.41) is 0.786. The van der Waals surface area contributed by atoms with Gasteiger partial charge in [-0.05, 0) is 35.9 Å². The van der Waals surface area contributed by atoms with Crippen LogP contribution in [0.1, 0.15) is 11.1 Å². The Balaban J connectivity index is 1.61. The van der Waals surface area contributed by atoms with Gasteiger partial charge in [-0.25, -0.2) is 0 Å². The summed E-state index contributed by atoms with van der Waals surface area (Å²) >= 11 is 0. The summed E-state index contributed by atoms with van der Waals surface area (Å²) in [4.78, 5) is 8.80. The molecule has 5 rings (SSSR count). The molecule has 1 aliphatic rings. The molecule has 1 aliphatic heterocycles. The molecule has 0 bridgehead atoms. The normalized spacial score (nSPS) is 12.0. The van der Waals surface area contributed by atoms with E-state index in [0.29, 0.717) is 23.7 Å². The predicted molar refractivity (Wildman–Crippen MR) is 106 cm³/mol. The molecule has 0 atom stereocenters. The molecule has 138 valence electrons. The maximum Gasteiger partial charge on any atom is 0.324 e. The molecule has 0 unspecified atom stereocenters. The predicted octanol–water partition coefficient (Wildman–Crippen LogP) is 4.71. The number of hydrogen-bond donors (Lipinski definition) is 1. The average molecular weight is 371 g/mol. The van der Waals surface area contributed by atoms with Gasteiger partial charge < -0.3 is 19.9 Å². The van der Waals surface area contributed by atoms with Crippen molar-refractivity contribution in [3.8, 4) is 29.0 Å². The van der Waals surface area contributed by atoms with E-state index in [1.807, 2.05) is 60.7 Å². The number of ether oxygens (including phenoxy) is 3. The van der Waals surface area contributed by atoms with Crippen molar-refractivity contribution in [2.45, 2.75) is 6.42 Å². The van der Waals surface area contributed by atoms with Gasteiger partial charge in [0.2, 0.25) is 0 Å². The van der Waals surface area contributed by atoms with Gasteiger partial charge in [0.25, 0.3) is 0 Å². The van der Waals surface area contributed by atoms with Gasteiger partial charge in [0.15, 0.2) is 11.5 Å². The van der Waals surface area contributed by atoms with Crippen LogP contribution in [0.25, 0.3) is 10.9 Å². The molecule has 0 aliphatic carbocycles. The molecule has 2 heterocycles. The number of methoxy groups -OCH3 is 1. The Morgan fingerprint density at radius 3 is 2.64 bits per heavy atom. The average Bonchev–Trinajstić information content (AvgIpc) is 2.73. The maximum atomic E-state index is 6.10. The third-order valence-corrected chi connectivity index (χ3v) is 4.77. The van der Waals surface area contributed by atoms with Gasteiger partial charge in [-0.15, -0.1) is 0 Å². The number of para-hydroxylation sites is 2. The number of fused-ring (bicyclic) bond motifs is 3. The van der Waals surface area contributed by atoms with Crippen LogP contribution in [0.5, 0.6) is 29.0 Å². The lowest BCUT2D eigenvalue weighted by Crippen LogP contribution is -2.07. The van der Waals surface area contributed by atoms with Crippen LogP contribution in [-0.2, 0) is 6.42 Å². The molecule has 6 heteroatoms. The lowest BCUT2D eigenvalue weighted by atomic mass is 9.99. The molecular formula is C22H17N3O3. The van der Waals surface area contributed by atoms with Crippen molar-refractivity contribution in [2.75, 3.05) is 12.8 Å². The summed E-state index contributed by atoms with van der Waals surface area (Å²) in [7, 11) is 1.60. The second-order valence-corrected chi connectivity index (χ2v) is 6.47. The van der Waals surface area contributed by atoms with Crippen molar-refractivity contribution in [3.05, 3.63) is 71.8 Å². The van der Waals surface area contributed by atoms with Gasteiger partial charge >= 0.3 is 6.01 Å². The largest absolute Gasteiger partial charge is 0.493 e. The third-order valence-electron chi connectivity index (χ3n) is 4.77. The van der Waals surface area contributed by atoms with Crippen molar-refractivity contribution in [1.29, 1.82) is 0 Å². The van der Waals surface area contributed by atoms with E-state index in [1.165, 1.54) is 0 Å². The number of nitrogen functional groups attached to an aromatic ring is 1. The molecule has 0 radical (unpaired) electrons. The highest BCUT2D eigenvalue weighted by atomic mass is 16.5. The molecule has 3 aromatic carbocycles. The first-order valence-corrected chi connectivity index (χ1v) is 8.88. The second-order valence-electron chi connectivity index (χ2n) is 6.47. The highest BCUT2D eigenvalue weighted by Crippen LogP contribution is 2.46. The lowest BCUT2D eigenvalue weighted by molar-refractivity contribution is 0.360. The summed E-state index contributed by atoms with van der Waals surface area (Å²) in [6, 6.07) is 19.3. The lowest BCUT2D eigenvalue weighted by Gasteiger charge is -2.23. The smallest absolute Gasteiger partial charge is 0.324 e. The molecule has 28 heavy (non-hydrogen) atoms. The fraction of sp³-hybridized carbons (Fsp3) is 0.0909. The fourth-order valence-corrected chi connectivity index (χ4v) is 3.40. The Kier molecular flexibility index (Phi) is 3.76. The van der Waals surface area contributed by atoms with Crippen molar-refractivity contribution >= 4 is 16.7 Å². The molecule has 0 saturated heterocycles. The number of aromatic nitrogens is 2. The molecule has 0 amide bonds. The highest BCUT2D eigenvalue weighted by molar-refractivity contribution is 5.88. The van der Waals surface area contributed by atoms with Gasteiger partial charge in [0.1, 0.15) is 17.3 Å². The summed E-state index contributed by atoms with van der Waals surface area (Å²) in [5.74, 6) is 3.05. The van der Waals surface area contributed by atoms with Crippen molar-refractivity contribution in [1.82, 2.24) is 9.97 Å². The van der Waals surface area contributed by atoms with Gasteiger partial charge in [0, 0.05) is 17.4 Å². The quantitative estimate of drug-likeness (QED) is 0.495. The number of anilines is 1. The topological polar surface area (TPSA) is 79.5 Å². The SMILES string of the molecule is COc1ccc2c(c1Oc1nc(N)c3ccccc3n1)Cc1ccccc1O2. The Labute approximate surface area is 161 Å². The first kappa shape index (κ1) is 16.4. The monoisotopic (exact) mass is 371 g/mol. The molecule has 1 aromatic heterocycles. The van der Waals surface area contributed by atoms with Crippen LogP contribution in [-0.4, -0.2) is 17.1 Å². The van der Waals surface area contributed by atoms with Crippen LogP contribution in [0.3, 0.4) is 0 Å². The minimum atomic E-state index is 0.168. The van der Waals surface area contributed by atoms with E-state index in [0.717, 1.165) is 33.5 Å². The third kappa shape index (κ3) is 2.66. The van der Waals surface area contributed by atoms with Gasteiger partial charge in [-0.3, -0.25) is 0 Å². The number of nitrogens with zero attached hydrogens (tertiary/aromatic N) is 2. The fourth-order valence-electron chi connectivity index (χ4n) is 3.40. The highest BCUT2D eigenvalue weighted by Gasteiger charge is 2.24. The molecule has 0 saturated carbocycles. The second kappa shape index (κ2) is 6.42. The molecule has 6 nitrogen and oxygen atoms in total. The zero-order valence-corrected chi connectivity index (χ0v) is 15.2. The number of rotatable bonds is 3. The van der Waals surface area contributed by atoms with Gasteiger partial charge in [-0.2, -0.15) is 9.97 Å². The number of hydrogen-bond acceptors (Lipinski definition) is 6. The molecule has 0 fully saturated rings. The first-order chi connectivity index (χ1) is 13.7. The Morgan fingerprint density at radius 1 is 0.929 bits per heavy atom. The van der Waals surface area contributed by atoms with Gasteiger partial charge in [0.05, 0.1) is 12.6 Å². The molecule has 2 N–H and O–H groups in total. The molecular weight excluding hydrogens is 354 g/mol. The van der Waals surface area contributed by atoms with Crippen molar-refractivity contribution in [2.24, 2.45) is 0 Å². The maximum absolute atomic E-state index is 6.10. The van der Waals surface area contributed by atoms with Crippen LogP contribution in [0.4, 0.5) is 5.82 Å². The standard InChI is InChI=1S/C22H17N3O3/c1-26-19-11-10-18-15(12-13-6-2-5-9-17(13)27-18)20(19)28-22-24-16-8-4-3-7-14(16)21(23)25-22/h2-11H,12H2,1H3,(H2,23,24,25). The first-order valence-electron chi connectivity index (χ1n) is 8.88. The Hall–Kier alpha value is -3.80. The van der Waals surface area contributed by atoms with E-state index in [1.54, 1.807) is 7.11 Å². The van der Waals surface area contributed by atoms with Crippen molar-refractivity contribution < 1.29 is 14.2 Å². The summed E-state index contributed by atoms with van der Waals surface area (Å²) < 4.78 is 17.7. The number of nitrogens with two attached hydrogens (primary N) is 1. The van der Waals surface area contributed by atoms with E-state index >= 15 is 0 Å². The van der Waals surface area contributed by atoms with Crippen molar-refractivity contribution in [3.63, 3.8) is 0 Å². The van der Waals surface area contributed by atoms with Crippen LogP contribution < -0.4 is 19.9 Å². The van der Waals surface area contributed by atoms with E-state index in [-0.39, 0.29) is 6.01 Å². The minimum Gasteiger partial charge on any atom is -0.493 e. The summed E-state index contributed by atoms with van der Waals surface area (Å²) in [6.07, 6.45) is 0.654. The van der Waals surface area contributed by atoms with Crippen LogP contribution in [0.15, 0.2) is 60.7 Å². The van der Waals surface area contributed by atoms with Gasteiger partial charge in [-0.1, -0.05) is 30.3 Å². The van der Waals surface area contributed by atoms with E-state index < -0.39 is 0 Å². The number of benzene rings is 3. The van der Waals surface area contributed by atoms with Crippen LogP contribution >= 0.6 is 0 Å². The summed E-state index contributed by atoms with van der Waals surface area (Å²) in [5.41, 5.74) is 8.77. The Morgan fingerprint density at radius 2 is 1.75 bits per heavy atom. The molecule has 0 spiro atoms. The summed E-state index contributed by atoms with van der Waals surface area (Å²) in [6.45, 7) is 0. The molecule has 4 aromatic rings. The minimum absolute atomic E-state index is 0.168. The van der Waals surface area contributed by atoms with Crippen LogP contribution in [0, 0.1) is 0 Å². The van der Waals surface area contributed by atoms with Crippen LogP contribution in [0.2, 0.25) is 0 Å². The van der Waals surface area contributed by atoms with E-state index in [2.05, 4.69) is 9.97 Å². The van der Waals surface area contributed by atoms with E-state index in [9.17, 15) is 0 Å². The van der Waals surface area contributed by atoms with E-state index in [4.69, 9.17) is 19.9 Å².